The van der Waals surface area contributed by atoms with E-state index in [9.17, 15) is 19.2 Å². The van der Waals surface area contributed by atoms with Gasteiger partial charge in [-0.2, -0.15) is 0 Å². The van der Waals surface area contributed by atoms with Crippen LogP contribution < -0.4 is 29.7 Å². The summed E-state index contributed by atoms with van der Waals surface area (Å²) in [6.45, 7) is 1.72. The Kier molecular flexibility index (Phi) is 8.93. The van der Waals surface area contributed by atoms with Crippen LogP contribution in [0.2, 0.25) is 10.0 Å². The number of rotatable bonds is 9. The van der Waals surface area contributed by atoms with Crippen molar-refractivity contribution >= 4 is 64.4 Å². The monoisotopic (exact) mass is 583 g/mol. The van der Waals surface area contributed by atoms with E-state index in [4.69, 9.17) is 37.4 Å². The predicted molar refractivity (Wildman–Crippen MR) is 150 cm³/mol. The van der Waals surface area contributed by atoms with E-state index in [2.05, 4.69) is 10.6 Å². The van der Waals surface area contributed by atoms with Crippen molar-refractivity contribution < 1.29 is 33.4 Å². The van der Waals surface area contributed by atoms with Crippen molar-refractivity contribution in [3.8, 4) is 17.2 Å². The number of hydrogen-bond donors (Lipinski definition) is 2. The van der Waals surface area contributed by atoms with Crippen LogP contribution in [0.5, 0.6) is 17.2 Å². The number of carbonyl (C=O) groups excluding carboxylic acids is 4. The number of imide groups is 2. The maximum atomic E-state index is 13.2. The average molecular weight is 584 g/mol. The Morgan fingerprint density at radius 3 is 2.38 bits per heavy atom. The molecular weight excluding hydrogens is 561 g/mol. The van der Waals surface area contributed by atoms with Crippen molar-refractivity contribution in [3.63, 3.8) is 0 Å². The molecule has 12 heteroatoms. The van der Waals surface area contributed by atoms with Gasteiger partial charge in [-0.3, -0.25) is 19.7 Å². The number of methoxy groups -OCH3 is 1. The minimum Gasteiger partial charge on any atom is -0.497 e. The summed E-state index contributed by atoms with van der Waals surface area (Å²) < 4.78 is 16.4. The molecular formula is C28H23Cl2N3O7. The Labute approximate surface area is 239 Å². The third-order valence-corrected chi connectivity index (χ3v) is 6.31. The summed E-state index contributed by atoms with van der Waals surface area (Å²) in [7, 11) is 1.49. The van der Waals surface area contributed by atoms with Crippen LogP contribution in [-0.4, -0.2) is 44.1 Å². The van der Waals surface area contributed by atoms with E-state index < -0.39 is 23.8 Å². The van der Waals surface area contributed by atoms with Gasteiger partial charge in [0.15, 0.2) is 18.1 Å². The first-order valence-electron chi connectivity index (χ1n) is 11.9. The van der Waals surface area contributed by atoms with Crippen molar-refractivity contribution in [3.05, 3.63) is 81.8 Å². The number of anilines is 2. The van der Waals surface area contributed by atoms with Crippen LogP contribution in [-0.2, 0) is 14.4 Å². The van der Waals surface area contributed by atoms with Crippen LogP contribution in [0, 0.1) is 0 Å². The number of carbonyl (C=O) groups is 4. The number of halogens is 2. The van der Waals surface area contributed by atoms with Gasteiger partial charge in [0.25, 0.3) is 17.7 Å². The van der Waals surface area contributed by atoms with Crippen molar-refractivity contribution in [1.82, 2.24) is 5.32 Å². The Morgan fingerprint density at radius 1 is 0.950 bits per heavy atom. The standard InChI is InChI=1S/C28H23Cl2N3O7/c1-3-39-24-13-16(4-11-23(24)40-15-25(34)31-17-5-10-21(29)22(30)14-17)12-20-26(35)32-28(37)33(27(20)36)18-6-8-19(38-2)9-7-18/h4-14H,3,15H2,1-2H3,(H,31,34)(H,32,35,37)/b20-12+. The summed E-state index contributed by atoms with van der Waals surface area (Å²) >= 11 is 11.9. The zero-order valence-electron chi connectivity index (χ0n) is 21.3. The number of benzene rings is 3. The number of barbiturate groups is 1. The van der Waals surface area contributed by atoms with Gasteiger partial charge in [0, 0.05) is 5.69 Å². The highest BCUT2D eigenvalue weighted by atomic mass is 35.5. The molecule has 40 heavy (non-hydrogen) atoms. The highest BCUT2D eigenvalue weighted by molar-refractivity contribution is 6.42. The molecule has 206 valence electrons. The van der Waals surface area contributed by atoms with E-state index in [1.54, 1.807) is 49.4 Å². The van der Waals surface area contributed by atoms with Crippen LogP contribution in [0.3, 0.4) is 0 Å². The summed E-state index contributed by atoms with van der Waals surface area (Å²) in [6, 6.07) is 14.7. The van der Waals surface area contributed by atoms with Crippen LogP contribution in [0.4, 0.5) is 16.2 Å². The molecule has 1 heterocycles. The molecule has 5 amide bonds. The second-order valence-electron chi connectivity index (χ2n) is 8.26. The van der Waals surface area contributed by atoms with E-state index >= 15 is 0 Å². The molecule has 0 saturated carbocycles. The molecule has 2 N–H and O–H groups in total. The minimum atomic E-state index is -0.866. The topological polar surface area (TPSA) is 123 Å². The van der Waals surface area contributed by atoms with Crippen molar-refractivity contribution in [2.45, 2.75) is 6.92 Å². The maximum absolute atomic E-state index is 13.2. The quantitative estimate of drug-likeness (QED) is 0.266. The SMILES string of the molecule is CCOc1cc(/C=C2\C(=O)NC(=O)N(c3ccc(OC)cc3)C2=O)ccc1OCC(=O)Nc1ccc(Cl)c(Cl)c1. The Hall–Kier alpha value is -4.54. The van der Waals surface area contributed by atoms with E-state index in [0.29, 0.717) is 27.0 Å². The highest BCUT2D eigenvalue weighted by Crippen LogP contribution is 2.31. The summed E-state index contributed by atoms with van der Waals surface area (Å²) in [5.41, 5.74) is 0.887. The first-order chi connectivity index (χ1) is 19.2. The van der Waals surface area contributed by atoms with Crippen LogP contribution in [0.1, 0.15) is 12.5 Å². The third-order valence-electron chi connectivity index (χ3n) is 5.57. The van der Waals surface area contributed by atoms with Crippen LogP contribution in [0.25, 0.3) is 6.08 Å². The first kappa shape index (κ1) is 28.5. The molecule has 0 aliphatic carbocycles. The van der Waals surface area contributed by atoms with Gasteiger partial charge in [-0.05, 0) is 73.2 Å². The number of urea groups is 1. The normalized spacial score (nSPS) is 14.2. The molecule has 0 spiro atoms. The fourth-order valence-electron chi connectivity index (χ4n) is 3.71. The number of amides is 5. The molecule has 4 rings (SSSR count). The maximum Gasteiger partial charge on any atom is 0.335 e. The van der Waals surface area contributed by atoms with E-state index in [-0.39, 0.29) is 36.0 Å². The predicted octanol–water partition coefficient (Wildman–Crippen LogP) is 5.08. The lowest BCUT2D eigenvalue weighted by atomic mass is 10.1. The zero-order valence-corrected chi connectivity index (χ0v) is 22.8. The number of hydrogen-bond acceptors (Lipinski definition) is 7. The van der Waals surface area contributed by atoms with Gasteiger partial charge < -0.3 is 19.5 Å². The molecule has 3 aromatic rings. The Bertz CT molecular complexity index is 1510. The van der Waals surface area contributed by atoms with Gasteiger partial charge in [0.05, 0.1) is 29.4 Å². The number of nitrogens with one attached hydrogen (secondary N) is 2. The summed E-state index contributed by atoms with van der Waals surface area (Å²) in [5, 5.41) is 5.49. The molecule has 0 aromatic heterocycles. The molecule has 3 aromatic carbocycles. The molecule has 1 fully saturated rings. The summed E-state index contributed by atoms with van der Waals surface area (Å²) in [6.07, 6.45) is 1.34. The Morgan fingerprint density at radius 2 is 1.70 bits per heavy atom. The minimum absolute atomic E-state index is 0.257. The Balaban J connectivity index is 1.52. The first-order valence-corrected chi connectivity index (χ1v) is 12.7. The van der Waals surface area contributed by atoms with Crippen molar-refractivity contribution in [2.24, 2.45) is 0 Å². The zero-order chi connectivity index (χ0) is 28.8. The molecule has 1 aliphatic rings. The van der Waals surface area contributed by atoms with Gasteiger partial charge in [-0.1, -0.05) is 29.3 Å². The van der Waals surface area contributed by atoms with Gasteiger partial charge >= 0.3 is 6.03 Å². The van der Waals surface area contributed by atoms with Gasteiger partial charge in [0.1, 0.15) is 11.3 Å². The van der Waals surface area contributed by atoms with Gasteiger partial charge in [-0.25, -0.2) is 9.69 Å². The second-order valence-corrected chi connectivity index (χ2v) is 9.08. The molecule has 0 unspecified atom stereocenters. The number of nitrogens with zero attached hydrogens (tertiary/aromatic N) is 1. The third kappa shape index (κ3) is 6.53. The van der Waals surface area contributed by atoms with E-state index in [1.807, 2.05) is 0 Å². The lowest BCUT2D eigenvalue weighted by Gasteiger charge is -2.26. The van der Waals surface area contributed by atoms with Crippen molar-refractivity contribution in [2.75, 3.05) is 30.5 Å². The van der Waals surface area contributed by atoms with Crippen LogP contribution in [0.15, 0.2) is 66.2 Å². The lowest BCUT2D eigenvalue weighted by Crippen LogP contribution is -2.54. The fourth-order valence-corrected chi connectivity index (χ4v) is 4.00. The molecule has 0 radical (unpaired) electrons. The highest BCUT2D eigenvalue weighted by Gasteiger charge is 2.36. The summed E-state index contributed by atoms with van der Waals surface area (Å²) in [4.78, 5) is 51.4. The van der Waals surface area contributed by atoms with Gasteiger partial charge in [0.2, 0.25) is 0 Å². The molecule has 1 aliphatic heterocycles. The second kappa shape index (κ2) is 12.5. The largest absolute Gasteiger partial charge is 0.497 e. The molecule has 1 saturated heterocycles. The van der Waals surface area contributed by atoms with Crippen molar-refractivity contribution in [1.29, 1.82) is 0 Å². The van der Waals surface area contributed by atoms with E-state index in [1.165, 1.54) is 31.4 Å². The molecule has 10 nitrogen and oxygen atoms in total. The average Bonchev–Trinajstić information content (AvgIpc) is 2.93. The smallest absolute Gasteiger partial charge is 0.335 e. The van der Waals surface area contributed by atoms with Crippen LogP contribution >= 0.6 is 23.2 Å². The lowest BCUT2D eigenvalue weighted by molar-refractivity contribution is -0.122. The summed E-state index contributed by atoms with van der Waals surface area (Å²) in [5.74, 6) is -0.986. The fraction of sp³-hybridized carbons (Fsp3) is 0.143. The van der Waals surface area contributed by atoms with Gasteiger partial charge in [-0.15, -0.1) is 0 Å². The van der Waals surface area contributed by atoms with E-state index in [0.717, 1.165) is 4.90 Å². The molecule has 0 bridgehead atoms. The molecule has 0 atom stereocenters. The number of ether oxygens (including phenoxy) is 3.